The first kappa shape index (κ1) is 14.4. The van der Waals surface area contributed by atoms with Gasteiger partial charge in [0.25, 0.3) is 0 Å². The Hall–Kier alpha value is -2.04. The van der Waals surface area contributed by atoms with Crippen molar-refractivity contribution in [3.8, 4) is 5.75 Å². The molecule has 0 spiro atoms. The first-order valence-corrected chi connectivity index (χ1v) is 7.03. The molecule has 1 aromatic heterocycles. The van der Waals surface area contributed by atoms with Crippen molar-refractivity contribution < 1.29 is 4.74 Å². The predicted molar refractivity (Wildman–Crippen MR) is 79.8 cm³/mol. The molecule has 1 N–H and O–H groups in total. The van der Waals surface area contributed by atoms with Gasteiger partial charge in [-0.25, -0.2) is 9.67 Å². The van der Waals surface area contributed by atoms with Crippen LogP contribution >= 0.6 is 0 Å². The number of para-hydroxylation sites is 2. The fourth-order valence-electron chi connectivity index (χ4n) is 1.99. The summed E-state index contributed by atoms with van der Waals surface area (Å²) in [4.78, 5) is 4.31. The molecule has 0 amide bonds. The molecule has 0 aliphatic carbocycles. The average Bonchev–Trinajstić information content (AvgIpc) is 2.84. The minimum atomic E-state index is 0.547. The molecule has 0 saturated heterocycles. The van der Waals surface area contributed by atoms with Crippen molar-refractivity contribution in [2.24, 2.45) is 5.92 Å². The Balaban J connectivity index is 2.04. The summed E-state index contributed by atoms with van der Waals surface area (Å²) in [7, 11) is 0. The van der Waals surface area contributed by atoms with Crippen molar-refractivity contribution in [1.29, 1.82) is 0 Å². The van der Waals surface area contributed by atoms with Crippen LogP contribution in [-0.4, -0.2) is 21.4 Å². The smallest absolute Gasteiger partial charge is 0.146 e. The lowest BCUT2D eigenvalue weighted by molar-refractivity contribution is 0.341. The van der Waals surface area contributed by atoms with E-state index >= 15 is 0 Å². The predicted octanol–water partition coefficient (Wildman–Crippen LogP) is 2.94. The summed E-state index contributed by atoms with van der Waals surface area (Å²) in [6.07, 6.45) is 1.61. The van der Waals surface area contributed by atoms with Crippen LogP contribution < -0.4 is 10.1 Å². The van der Waals surface area contributed by atoms with Gasteiger partial charge in [-0.15, -0.1) is 0 Å². The lowest BCUT2D eigenvalue weighted by Gasteiger charge is -2.13. The number of ether oxygens (including phenoxy) is 1. The SMILES string of the molecule is CCOc1ccccc1NCc1ncnn1CC(C)C. The van der Waals surface area contributed by atoms with Crippen molar-refractivity contribution in [2.75, 3.05) is 11.9 Å². The van der Waals surface area contributed by atoms with E-state index < -0.39 is 0 Å². The number of hydrogen-bond acceptors (Lipinski definition) is 4. The van der Waals surface area contributed by atoms with E-state index in [-0.39, 0.29) is 0 Å². The van der Waals surface area contributed by atoms with Gasteiger partial charge >= 0.3 is 0 Å². The van der Waals surface area contributed by atoms with Gasteiger partial charge in [-0.05, 0) is 25.0 Å². The van der Waals surface area contributed by atoms with Crippen LogP contribution in [0.15, 0.2) is 30.6 Å². The molecule has 0 fully saturated rings. The summed E-state index contributed by atoms with van der Waals surface area (Å²) in [6.45, 7) is 8.49. The van der Waals surface area contributed by atoms with E-state index in [0.29, 0.717) is 19.1 Å². The highest BCUT2D eigenvalue weighted by molar-refractivity contribution is 5.56. The summed E-state index contributed by atoms with van der Waals surface area (Å²) in [5, 5.41) is 7.63. The first-order valence-electron chi connectivity index (χ1n) is 7.03. The van der Waals surface area contributed by atoms with Crippen LogP contribution in [0.2, 0.25) is 0 Å². The van der Waals surface area contributed by atoms with Crippen molar-refractivity contribution in [2.45, 2.75) is 33.9 Å². The summed E-state index contributed by atoms with van der Waals surface area (Å²) in [5.74, 6) is 2.35. The summed E-state index contributed by atoms with van der Waals surface area (Å²) >= 11 is 0. The van der Waals surface area contributed by atoms with Crippen molar-refractivity contribution >= 4 is 5.69 Å². The van der Waals surface area contributed by atoms with Crippen LogP contribution in [0.3, 0.4) is 0 Å². The van der Waals surface area contributed by atoms with Gasteiger partial charge in [0, 0.05) is 6.54 Å². The molecule has 5 nitrogen and oxygen atoms in total. The number of aromatic nitrogens is 3. The molecule has 1 heterocycles. The quantitative estimate of drug-likeness (QED) is 0.843. The topological polar surface area (TPSA) is 52.0 Å². The van der Waals surface area contributed by atoms with Gasteiger partial charge in [-0.3, -0.25) is 0 Å². The fourth-order valence-corrected chi connectivity index (χ4v) is 1.99. The standard InChI is InChI=1S/C15H22N4O/c1-4-20-14-8-6-5-7-13(14)16-9-15-17-11-18-19(15)10-12(2)3/h5-8,11-12,16H,4,9-10H2,1-3H3. The van der Waals surface area contributed by atoms with E-state index in [0.717, 1.165) is 23.8 Å². The molecular weight excluding hydrogens is 252 g/mol. The van der Waals surface area contributed by atoms with Crippen LogP contribution in [0.4, 0.5) is 5.69 Å². The second kappa shape index (κ2) is 6.93. The fraction of sp³-hybridized carbons (Fsp3) is 0.467. The molecule has 0 unspecified atom stereocenters. The Morgan fingerprint density at radius 1 is 1.30 bits per heavy atom. The maximum Gasteiger partial charge on any atom is 0.146 e. The maximum absolute atomic E-state index is 5.60. The van der Waals surface area contributed by atoms with Gasteiger partial charge in [0.05, 0.1) is 18.8 Å². The zero-order chi connectivity index (χ0) is 14.4. The summed E-state index contributed by atoms with van der Waals surface area (Å²) in [6, 6.07) is 7.93. The second-order valence-electron chi connectivity index (χ2n) is 5.03. The minimum Gasteiger partial charge on any atom is -0.492 e. The third-order valence-corrected chi connectivity index (χ3v) is 2.86. The van der Waals surface area contributed by atoms with Crippen LogP contribution in [0.5, 0.6) is 5.75 Å². The number of nitrogens with one attached hydrogen (secondary N) is 1. The zero-order valence-electron chi connectivity index (χ0n) is 12.3. The third-order valence-electron chi connectivity index (χ3n) is 2.86. The van der Waals surface area contributed by atoms with E-state index in [2.05, 4.69) is 29.2 Å². The lowest BCUT2D eigenvalue weighted by atomic mass is 10.2. The normalized spacial score (nSPS) is 10.8. The van der Waals surface area contributed by atoms with Crippen LogP contribution in [0.1, 0.15) is 26.6 Å². The molecular formula is C15H22N4O. The van der Waals surface area contributed by atoms with Gasteiger partial charge in [0.15, 0.2) is 0 Å². The molecule has 1 aromatic carbocycles. The number of hydrogen-bond donors (Lipinski definition) is 1. The molecule has 0 aliphatic rings. The van der Waals surface area contributed by atoms with Gasteiger partial charge in [-0.2, -0.15) is 5.10 Å². The molecule has 20 heavy (non-hydrogen) atoms. The number of benzene rings is 1. The minimum absolute atomic E-state index is 0.547. The molecule has 0 radical (unpaired) electrons. The van der Waals surface area contributed by atoms with Crippen LogP contribution in [-0.2, 0) is 13.1 Å². The summed E-state index contributed by atoms with van der Waals surface area (Å²) in [5.41, 5.74) is 0.980. The molecule has 2 aromatic rings. The van der Waals surface area contributed by atoms with E-state index in [4.69, 9.17) is 4.74 Å². The highest BCUT2D eigenvalue weighted by Crippen LogP contribution is 2.24. The Kier molecular flexibility index (Phi) is 4.98. The second-order valence-corrected chi connectivity index (χ2v) is 5.03. The van der Waals surface area contributed by atoms with Crippen molar-refractivity contribution in [1.82, 2.24) is 14.8 Å². The van der Waals surface area contributed by atoms with Gasteiger partial charge in [0.1, 0.15) is 17.9 Å². The molecule has 0 atom stereocenters. The molecule has 2 rings (SSSR count). The number of nitrogens with zero attached hydrogens (tertiary/aromatic N) is 3. The molecule has 108 valence electrons. The van der Waals surface area contributed by atoms with Gasteiger partial charge in [-0.1, -0.05) is 26.0 Å². The highest BCUT2D eigenvalue weighted by atomic mass is 16.5. The number of rotatable bonds is 7. The summed E-state index contributed by atoms with van der Waals surface area (Å²) < 4.78 is 7.54. The van der Waals surface area contributed by atoms with E-state index in [1.54, 1.807) is 6.33 Å². The average molecular weight is 274 g/mol. The number of anilines is 1. The van der Waals surface area contributed by atoms with Gasteiger partial charge in [0.2, 0.25) is 0 Å². The lowest BCUT2D eigenvalue weighted by Crippen LogP contribution is -2.13. The van der Waals surface area contributed by atoms with Crippen molar-refractivity contribution in [3.63, 3.8) is 0 Å². The molecule has 0 saturated carbocycles. The van der Waals surface area contributed by atoms with Gasteiger partial charge < -0.3 is 10.1 Å². The Morgan fingerprint density at radius 3 is 2.85 bits per heavy atom. The third kappa shape index (κ3) is 3.73. The maximum atomic E-state index is 5.60. The molecule has 5 heteroatoms. The zero-order valence-corrected chi connectivity index (χ0v) is 12.3. The van der Waals surface area contributed by atoms with Crippen LogP contribution in [0.25, 0.3) is 0 Å². The van der Waals surface area contributed by atoms with Crippen LogP contribution in [0, 0.1) is 5.92 Å². The van der Waals surface area contributed by atoms with E-state index in [1.165, 1.54) is 0 Å². The molecule has 0 aliphatic heterocycles. The molecule has 0 bridgehead atoms. The van der Waals surface area contributed by atoms with E-state index in [9.17, 15) is 0 Å². The van der Waals surface area contributed by atoms with E-state index in [1.807, 2.05) is 35.9 Å². The first-order chi connectivity index (χ1) is 9.70. The largest absolute Gasteiger partial charge is 0.492 e. The highest BCUT2D eigenvalue weighted by Gasteiger charge is 2.07. The van der Waals surface area contributed by atoms with Crippen molar-refractivity contribution in [3.05, 3.63) is 36.4 Å². The Labute approximate surface area is 120 Å². The Morgan fingerprint density at radius 2 is 2.10 bits per heavy atom. The Bertz CT molecular complexity index is 536. The monoisotopic (exact) mass is 274 g/mol.